The second-order valence-corrected chi connectivity index (χ2v) is 7.36. The molecule has 0 atom stereocenters. The highest BCUT2D eigenvalue weighted by molar-refractivity contribution is 7.89. The van der Waals surface area contributed by atoms with Crippen molar-refractivity contribution < 1.29 is 13.2 Å². The van der Waals surface area contributed by atoms with Crippen LogP contribution in [0.2, 0.25) is 0 Å². The van der Waals surface area contributed by atoms with Crippen molar-refractivity contribution in [1.29, 1.82) is 5.26 Å². The van der Waals surface area contributed by atoms with E-state index >= 15 is 0 Å². The van der Waals surface area contributed by atoms with Crippen LogP contribution in [0.3, 0.4) is 0 Å². The quantitative estimate of drug-likeness (QED) is 0.879. The van der Waals surface area contributed by atoms with Crippen molar-refractivity contribution in [3.63, 3.8) is 0 Å². The van der Waals surface area contributed by atoms with E-state index < -0.39 is 15.6 Å². The Morgan fingerprint density at radius 2 is 1.83 bits per heavy atom. The molecule has 24 heavy (non-hydrogen) atoms. The first-order valence-electron chi connectivity index (χ1n) is 7.30. The molecule has 0 aromatic heterocycles. The van der Waals surface area contributed by atoms with Crippen LogP contribution in [0.25, 0.3) is 0 Å². The minimum absolute atomic E-state index is 0.0399. The van der Waals surface area contributed by atoms with Crippen molar-refractivity contribution >= 4 is 15.9 Å². The molecule has 2 aromatic rings. The third-order valence-corrected chi connectivity index (χ3v) is 5.02. The minimum Gasteiger partial charge on any atom is -0.343 e. The number of rotatable bonds is 4. The first-order valence-corrected chi connectivity index (χ1v) is 8.85. The predicted octanol–water partition coefficient (Wildman–Crippen LogP) is 1.62. The van der Waals surface area contributed by atoms with Crippen LogP contribution in [0, 0.1) is 11.3 Å². The molecule has 0 radical (unpaired) electrons. The average Bonchev–Trinajstić information content (AvgIpc) is 3.35. The molecular formula is C17H15N3O3S. The number of sulfonamides is 1. The number of hydrogen-bond acceptors (Lipinski definition) is 4. The van der Waals surface area contributed by atoms with Gasteiger partial charge in [-0.15, -0.1) is 0 Å². The zero-order chi connectivity index (χ0) is 17.4. The van der Waals surface area contributed by atoms with Gasteiger partial charge in [-0.2, -0.15) is 5.26 Å². The van der Waals surface area contributed by atoms with Gasteiger partial charge >= 0.3 is 0 Å². The van der Waals surface area contributed by atoms with Gasteiger partial charge in [-0.1, -0.05) is 12.1 Å². The highest BCUT2D eigenvalue weighted by Crippen LogP contribution is 2.45. The SMILES string of the molecule is N#Cc1cccc(C2(NC(=O)c3ccc(S(N)(=O)=O)cc3)CC2)c1. The van der Waals surface area contributed by atoms with Crippen LogP contribution in [0.1, 0.15) is 34.3 Å². The average molecular weight is 341 g/mol. The summed E-state index contributed by atoms with van der Waals surface area (Å²) in [5.74, 6) is -0.296. The molecule has 0 bridgehead atoms. The lowest BCUT2D eigenvalue weighted by molar-refractivity contribution is 0.0930. The monoisotopic (exact) mass is 341 g/mol. The third kappa shape index (κ3) is 3.15. The van der Waals surface area contributed by atoms with Gasteiger partial charge < -0.3 is 5.32 Å². The maximum Gasteiger partial charge on any atom is 0.251 e. The van der Waals surface area contributed by atoms with Gasteiger partial charge in [0.15, 0.2) is 0 Å². The lowest BCUT2D eigenvalue weighted by Crippen LogP contribution is -2.34. The molecule has 1 fully saturated rings. The number of nitriles is 1. The summed E-state index contributed by atoms with van der Waals surface area (Å²) in [5, 5.41) is 17.0. The van der Waals surface area contributed by atoms with Crippen molar-refractivity contribution in [2.45, 2.75) is 23.3 Å². The van der Waals surface area contributed by atoms with Crippen molar-refractivity contribution in [3.05, 3.63) is 65.2 Å². The number of hydrogen-bond donors (Lipinski definition) is 2. The smallest absolute Gasteiger partial charge is 0.251 e. The zero-order valence-corrected chi connectivity index (χ0v) is 13.5. The Morgan fingerprint density at radius 1 is 1.17 bits per heavy atom. The second-order valence-electron chi connectivity index (χ2n) is 5.80. The van der Waals surface area contributed by atoms with E-state index in [0.29, 0.717) is 11.1 Å². The Balaban J connectivity index is 1.80. The summed E-state index contributed by atoms with van der Waals surface area (Å²) in [6, 6.07) is 14.7. The van der Waals surface area contributed by atoms with E-state index in [-0.39, 0.29) is 10.8 Å². The molecule has 1 aliphatic carbocycles. The molecule has 3 rings (SSSR count). The summed E-state index contributed by atoms with van der Waals surface area (Å²) in [5.41, 5.74) is 1.34. The van der Waals surface area contributed by atoms with E-state index in [9.17, 15) is 13.2 Å². The van der Waals surface area contributed by atoms with Gasteiger partial charge in [0.25, 0.3) is 5.91 Å². The van der Waals surface area contributed by atoms with Crippen LogP contribution >= 0.6 is 0 Å². The van der Waals surface area contributed by atoms with Gasteiger partial charge in [0.2, 0.25) is 10.0 Å². The Kier molecular flexibility index (Phi) is 3.87. The van der Waals surface area contributed by atoms with Gasteiger partial charge in [-0.25, -0.2) is 13.6 Å². The lowest BCUT2D eigenvalue weighted by Gasteiger charge is -2.18. The summed E-state index contributed by atoms with van der Waals surface area (Å²) in [4.78, 5) is 12.4. The zero-order valence-electron chi connectivity index (χ0n) is 12.7. The fourth-order valence-electron chi connectivity index (χ4n) is 2.58. The summed E-state index contributed by atoms with van der Waals surface area (Å²) in [6.45, 7) is 0. The van der Waals surface area contributed by atoms with Gasteiger partial charge in [-0.05, 0) is 54.8 Å². The number of primary sulfonamides is 1. The molecule has 2 aromatic carbocycles. The number of nitrogens with zero attached hydrogens (tertiary/aromatic N) is 1. The van der Waals surface area contributed by atoms with Gasteiger partial charge in [0, 0.05) is 5.56 Å². The summed E-state index contributed by atoms with van der Waals surface area (Å²) in [7, 11) is -3.78. The molecule has 1 saturated carbocycles. The van der Waals surface area contributed by atoms with E-state index in [4.69, 9.17) is 10.4 Å². The van der Waals surface area contributed by atoms with E-state index in [1.807, 2.05) is 6.07 Å². The number of carbonyl (C=O) groups excluding carboxylic acids is 1. The largest absolute Gasteiger partial charge is 0.343 e. The first-order chi connectivity index (χ1) is 11.3. The molecule has 0 saturated heterocycles. The van der Waals surface area contributed by atoms with Crippen molar-refractivity contribution in [3.8, 4) is 6.07 Å². The molecule has 7 heteroatoms. The molecule has 0 spiro atoms. The number of carbonyl (C=O) groups is 1. The van der Waals surface area contributed by atoms with Crippen LogP contribution < -0.4 is 10.5 Å². The fourth-order valence-corrected chi connectivity index (χ4v) is 3.10. The molecule has 0 aliphatic heterocycles. The molecule has 1 aliphatic rings. The maximum atomic E-state index is 12.4. The van der Waals surface area contributed by atoms with E-state index in [1.54, 1.807) is 18.2 Å². The molecule has 1 amide bonds. The number of benzene rings is 2. The molecule has 0 heterocycles. The van der Waals surface area contributed by atoms with Crippen molar-refractivity contribution in [2.24, 2.45) is 5.14 Å². The van der Waals surface area contributed by atoms with Crippen molar-refractivity contribution in [2.75, 3.05) is 0 Å². The predicted molar refractivity (Wildman–Crippen MR) is 87.4 cm³/mol. The molecule has 3 N–H and O–H groups in total. The Hall–Kier alpha value is -2.69. The summed E-state index contributed by atoms with van der Waals surface area (Å²) < 4.78 is 22.5. The third-order valence-electron chi connectivity index (χ3n) is 4.09. The van der Waals surface area contributed by atoms with Crippen molar-refractivity contribution in [1.82, 2.24) is 5.32 Å². The number of nitrogens with two attached hydrogens (primary N) is 1. The minimum atomic E-state index is -3.78. The topological polar surface area (TPSA) is 113 Å². The van der Waals surface area contributed by atoms with Gasteiger partial charge in [0.05, 0.1) is 22.1 Å². The molecular weight excluding hydrogens is 326 g/mol. The molecule has 122 valence electrons. The van der Waals surface area contributed by atoms with Gasteiger partial charge in [0.1, 0.15) is 0 Å². The first kappa shape index (κ1) is 16.2. The van der Waals surface area contributed by atoms with Crippen LogP contribution in [-0.2, 0) is 15.6 Å². The maximum absolute atomic E-state index is 12.4. The summed E-state index contributed by atoms with van der Waals surface area (Å²) >= 11 is 0. The molecule has 6 nitrogen and oxygen atoms in total. The number of amides is 1. The van der Waals surface area contributed by atoms with Gasteiger partial charge in [-0.3, -0.25) is 4.79 Å². The Morgan fingerprint density at radius 3 is 2.38 bits per heavy atom. The van der Waals surface area contributed by atoms with Crippen LogP contribution in [-0.4, -0.2) is 14.3 Å². The van der Waals surface area contributed by atoms with E-state index in [0.717, 1.165) is 18.4 Å². The fraction of sp³-hybridized carbons (Fsp3) is 0.176. The molecule has 0 unspecified atom stereocenters. The van der Waals surface area contributed by atoms with E-state index in [2.05, 4.69) is 11.4 Å². The highest BCUT2D eigenvalue weighted by Gasteiger charge is 2.45. The Bertz CT molecular complexity index is 940. The van der Waals surface area contributed by atoms with Crippen LogP contribution in [0.15, 0.2) is 53.4 Å². The van der Waals surface area contributed by atoms with Crippen LogP contribution in [0.4, 0.5) is 0 Å². The van der Waals surface area contributed by atoms with Crippen LogP contribution in [0.5, 0.6) is 0 Å². The standard InChI is InChI=1S/C17H15N3O3S/c18-11-12-2-1-3-14(10-12)17(8-9-17)20-16(21)13-4-6-15(7-5-13)24(19,22)23/h1-7,10H,8-9H2,(H,20,21)(H2,19,22,23). The Labute approximate surface area is 140 Å². The second kappa shape index (κ2) is 5.74. The summed E-state index contributed by atoms with van der Waals surface area (Å²) in [6.07, 6.45) is 1.59. The normalized spacial score (nSPS) is 15.3. The van der Waals surface area contributed by atoms with E-state index in [1.165, 1.54) is 24.3 Å². The number of nitrogens with one attached hydrogen (secondary N) is 1. The lowest BCUT2D eigenvalue weighted by atomic mass is 10.0. The highest BCUT2D eigenvalue weighted by atomic mass is 32.2.